The largest absolute Gasteiger partial charge is 0.486 e. The van der Waals surface area contributed by atoms with Gasteiger partial charge in [0.25, 0.3) is 0 Å². The van der Waals surface area contributed by atoms with Crippen LogP contribution in [0.15, 0.2) is 36.4 Å². The van der Waals surface area contributed by atoms with Gasteiger partial charge in [-0.2, -0.15) is 0 Å². The van der Waals surface area contributed by atoms with Crippen LogP contribution in [0.4, 0.5) is 10.1 Å². The lowest BCUT2D eigenvalue weighted by molar-refractivity contribution is 0.171. The van der Waals surface area contributed by atoms with Crippen LogP contribution in [0.1, 0.15) is 24.1 Å². The Balaban J connectivity index is 1.64. The van der Waals surface area contributed by atoms with Gasteiger partial charge in [0.15, 0.2) is 16.6 Å². The number of halogens is 1. The Hall–Kier alpha value is -2.34. The molecule has 3 rings (SSSR count). The Labute approximate surface area is 146 Å². The minimum absolute atomic E-state index is 0.0314. The predicted molar refractivity (Wildman–Crippen MR) is 96.3 cm³/mol. The van der Waals surface area contributed by atoms with Crippen molar-refractivity contribution in [3.05, 3.63) is 53.3 Å². The van der Waals surface area contributed by atoms with Gasteiger partial charge in [-0.05, 0) is 61.5 Å². The van der Waals surface area contributed by atoms with Crippen molar-refractivity contribution in [3.8, 4) is 11.5 Å². The Morgan fingerprint density at radius 2 is 1.88 bits per heavy atom. The number of hydrogen-bond acceptors (Lipinski definition) is 3. The molecule has 24 heavy (non-hydrogen) atoms. The average molecular weight is 346 g/mol. The van der Waals surface area contributed by atoms with Crippen molar-refractivity contribution in [2.45, 2.75) is 19.9 Å². The molecule has 1 atom stereocenters. The van der Waals surface area contributed by atoms with Crippen molar-refractivity contribution < 1.29 is 13.9 Å². The third-order valence-electron chi connectivity index (χ3n) is 3.84. The first kappa shape index (κ1) is 16.5. The van der Waals surface area contributed by atoms with E-state index in [2.05, 4.69) is 10.6 Å². The van der Waals surface area contributed by atoms with Crippen LogP contribution < -0.4 is 20.1 Å². The predicted octanol–water partition coefficient (Wildman–Crippen LogP) is 3.95. The van der Waals surface area contributed by atoms with E-state index in [1.165, 1.54) is 6.07 Å². The maximum absolute atomic E-state index is 13.6. The molecule has 0 amide bonds. The first-order valence-corrected chi connectivity index (χ1v) is 8.17. The molecule has 2 N–H and O–H groups in total. The minimum Gasteiger partial charge on any atom is -0.486 e. The highest BCUT2D eigenvalue weighted by atomic mass is 32.1. The zero-order valence-electron chi connectivity index (χ0n) is 13.6. The highest BCUT2D eigenvalue weighted by Crippen LogP contribution is 2.32. The summed E-state index contributed by atoms with van der Waals surface area (Å²) in [4.78, 5) is 0. The number of aryl methyl sites for hydroxylation is 1. The Morgan fingerprint density at radius 3 is 2.62 bits per heavy atom. The molecule has 0 aromatic heterocycles. The van der Waals surface area contributed by atoms with Gasteiger partial charge in [0.05, 0.1) is 6.04 Å². The molecule has 1 heterocycles. The van der Waals surface area contributed by atoms with Gasteiger partial charge in [-0.3, -0.25) is 0 Å². The molecule has 1 aliphatic heterocycles. The summed E-state index contributed by atoms with van der Waals surface area (Å²) in [5.74, 6) is 1.24. The van der Waals surface area contributed by atoms with E-state index in [1.807, 2.05) is 25.1 Å². The van der Waals surface area contributed by atoms with Gasteiger partial charge in [-0.15, -0.1) is 0 Å². The summed E-state index contributed by atoms with van der Waals surface area (Å²) in [5, 5.41) is 6.62. The lowest BCUT2D eigenvalue weighted by Gasteiger charge is -2.22. The second-order valence-electron chi connectivity index (χ2n) is 5.69. The first-order valence-electron chi connectivity index (χ1n) is 7.76. The van der Waals surface area contributed by atoms with Gasteiger partial charge >= 0.3 is 0 Å². The fraction of sp³-hybridized carbons (Fsp3) is 0.278. The van der Waals surface area contributed by atoms with Crippen LogP contribution in [0, 0.1) is 12.7 Å². The summed E-state index contributed by atoms with van der Waals surface area (Å²) < 4.78 is 24.7. The summed E-state index contributed by atoms with van der Waals surface area (Å²) >= 11 is 5.31. The zero-order valence-corrected chi connectivity index (χ0v) is 14.4. The molecule has 0 fully saturated rings. The lowest BCUT2D eigenvalue weighted by atomic mass is 10.1. The molecular formula is C18H19FN2O2S. The van der Waals surface area contributed by atoms with Crippen molar-refractivity contribution in [3.63, 3.8) is 0 Å². The second kappa shape index (κ2) is 7.05. The molecule has 0 aliphatic carbocycles. The van der Waals surface area contributed by atoms with Crippen LogP contribution in [-0.2, 0) is 0 Å². The van der Waals surface area contributed by atoms with E-state index in [9.17, 15) is 4.39 Å². The molecule has 0 saturated carbocycles. The molecule has 2 aromatic rings. The number of hydrogen-bond donors (Lipinski definition) is 2. The lowest BCUT2D eigenvalue weighted by Crippen LogP contribution is -2.31. The summed E-state index contributed by atoms with van der Waals surface area (Å²) in [7, 11) is 0. The van der Waals surface area contributed by atoms with E-state index in [0.29, 0.717) is 29.6 Å². The molecule has 0 spiro atoms. The molecule has 6 heteroatoms. The van der Waals surface area contributed by atoms with Gasteiger partial charge in [0.2, 0.25) is 0 Å². The smallest absolute Gasteiger partial charge is 0.171 e. The maximum atomic E-state index is 13.6. The van der Waals surface area contributed by atoms with E-state index in [-0.39, 0.29) is 11.9 Å². The quantitative estimate of drug-likeness (QED) is 0.824. The SMILES string of the molecule is Cc1ccc(NC(=S)N[C@@H](C)c2ccc3c(c2)OCCO3)cc1F. The molecule has 126 valence electrons. The normalized spacial score (nSPS) is 14.0. The monoisotopic (exact) mass is 346 g/mol. The topological polar surface area (TPSA) is 42.5 Å². The number of fused-ring (bicyclic) bond motifs is 1. The van der Waals surface area contributed by atoms with E-state index in [0.717, 1.165) is 17.1 Å². The van der Waals surface area contributed by atoms with Crippen LogP contribution in [0.5, 0.6) is 11.5 Å². The van der Waals surface area contributed by atoms with Crippen molar-refractivity contribution in [2.24, 2.45) is 0 Å². The van der Waals surface area contributed by atoms with Crippen LogP contribution in [-0.4, -0.2) is 18.3 Å². The molecule has 4 nitrogen and oxygen atoms in total. The minimum atomic E-state index is -0.261. The van der Waals surface area contributed by atoms with Crippen LogP contribution >= 0.6 is 12.2 Å². The molecule has 0 unspecified atom stereocenters. The number of anilines is 1. The molecule has 0 radical (unpaired) electrons. The average Bonchev–Trinajstić information content (AvgIpc) is 2.57. The van der Waals surface area contributed by atoms with Crippen LogP contribution in [0.3, 0.4) is 0 Å². The Bertz CT molecular complexity index is 767. The number of rotatable bonds is 3. The summed E-state index contributed by atoms with van der Waals surface area (Å²) in [5.41, 5.74) is 2.24. The summed E-state index contributed by atoms with van der Waals surface area (Å²) in [6.45, 7) is 4.84. The highest BCUT2D eigenvalue weighted by molar-refractivity contribution is 7.80. The van der Waals surface area contributed by atoms with E-state index in [4.69, 9.17) is 21.7 Å². The number of benzene rings is 2. The molecule has 1 aliphatic rings. The van der Waals surface area contributed by atoms with Gasteiger partial charge in [-0.25, -0.2) is 4.39 Å². The number of nitrogens with one attached hydrogen (secondary N) is 2. The molecular weight excluding hydrogens is 327 g/mol. The fourth-order valence-electron chi connectivity index (χ4n) is 2.45. The van der Waals surface area contributed by atoms with Crippen molar-refractivity contribution >= 4 is 23.0 Å². The highest BCUT2D eigenvalue weighted by Gasteiger charge is 2.15. The maximum Gasteiger partial charge on any atom is 0.171 e. The van der Waals surface area contributed by atoms with Crippen molar-refractivity contribution in [2.75, 3.05) is 18.5 Å². The van der Waals surface area contributed by atoms with E-state index >= 15 is 0 Å². The van der Waals surface area contributed by atoms with Crippen molar-refractivity contribution in [1.29, 1.82) is 0 Å². The summed E-state index contributed by atoms with van der Waals surface area (Å²) in [6, 6.07) is 10.7. The van der Waals surface area contributed by atoms with Crippen LogP contribution in [0.2, 0.25) is 0 Å². The standard InChI is InChI=1S/C18H19FN2O2S/c1-11-3-5-14(10-15(11)19)21-18(24)20-12(2)13-4-6-16-17(9-13)23-8-7-22-16/h3-6,9-10,12H,7-8H2,1-2H3,(H2,20,21,24)/t12-/m0/s1. The molecule has 0 bridgehead atoms. The Kier molecular flexibility index (Phi) is 4.85. The van der Waals surface area contributed by atoms with Gasteiger partial charge in [-0.1, -0.05) is 12.1 Å². The van der Waals surface area contributed by atoms with Crippen LogP contribution in [0.25, 0.3) is 0 Å². The van der Waals surface area contributed by atoms with Gasteiger partial charge in [0.1, 0.15) is 19.0 Å². The zero-order chi connectivity index (χ0) is 17.1. The second-order valence-corrected chi connectivity index (χ2v) is 6.10. The Morgan fingerprint density at radius 1 is 1.12 bits per heavy atom. The summed E-state index contributed by atoms with van der Waals surface area (Å²) in [6.07, 6.45) is 0. The number of ether oxygens (including phenoxy) is 2. The third kappa shape index (κ3) is 3.76. The molecule has 2 aromatic carbocycles. The molecule has 0 saturated heterocycles. The van der Waals surface area contributed by atoms with Gasteiger partial charge in [0, 0.05) is 5.69 Å². The first-order chi connectivity index (χ1) is 11.5. The van der Waals surface area contributed by atoms with Crippen molar-refractivity contribution in [1.82, 2.24) is 5.32 Å². The van der Waals surface area contributed by atoms with E-state index in [1.54, 1.807) is 19.1 Å². The fourth-order valence-corrected chi connectivity index (χ4v) is 2.74. The van der Waals surface area contributed by atoms with Gasteiger partial charge < -0.3 is 20.1 Å². The van der Waals surface area contributed by atoms with E-state index < -0.39 is 0 Å². The number of thiocarbonyl (C=S) groups is 1. The third-order valence-corrected chi connectivity index (χ3v) is 4.06.